The second-order valence-corrected chi connectivity index (χ2v) is 19.7. The maximum atomic E-state index is 5.45. The third-order valence-corrected chi connectivity index (χ3v) is 15.4. The molecule has 2 nitrogen and oxygen atoms in total. The molecular formula is C72H52N2. The van der Waals surface area contributed by atoms with Gasteiger partial charge in [0.05, 0.1) is 22.6 Å². The number of rotatable bonds is 9. The van der Waals surface area contributed by atoms with E-state index < -0.39 is 0 Å². The Hall–Kier alpha value is -9.24. The van der Waals surface area contributed by atoms with Crippen LogP contribution in [0.1, 0.15) is 52.1 Å². The normalized spacial score (nSPS) is 14.1. The molecule has 0 bridgehead atoms. The van der Waals surface area contributed by atoms with E-state index in [1.54, 1.807) is 0 Å². The van der Waals surface area contributed by atoms with Gasteiger partial charge in [-0.3, -0.25) is 0 Å². The number of para-hydroxylation sites is 1. The van der Waals surface area contributed by atoms with Gasteiger partial charge >= 0.3 is 0 Å². The van der Waals surface area contributed by atoms with Crippen molar-refractivity contribution in [3.63, 3.8) is 0 Å². The zero-order chi connectivity index (χ0) is 49.7. The minimum Gasteiger partial charge on any atom is -0.248 e. The second kappa shape index (κ2) is 18.7. The van der Waals surface area contributed by atoms with Crippen LogP contribution in [0.2, 0.25) is 0 Å². The van der Waals surface area contributed by atoms with E-state index in [1.807, 2.05) is 0 Å². The van der Waals surface area contributed by atoms with Gasteiger partial charge in [0.2, 0.25) is 0 Å². The van der Waals surface area contributed by atoms with Crippen LogP contribution < -0.4 is 0 Å². The third-order valence-electron chi connectivity index (χ3n) is 15.4. The Morgan fingerprint density at radius 3 is 1.62 bits per heavy atom. The van der Waals surface area contributed by atoms with Crippen molar-refractivity contribution in [2.24, 2.45) is 4.99 Å². The Morgan fingerprint density at radius 1 is 0.419 bits per heavy atom. The van der Waals surface area contributed by atoms with Crippen molar-refractivity contribution in [1.29, 1.82) is 0 Å². The van der Waals surface area contributed by atoms with Crippen LogP contribution in [0.3, 0.4) is 0 Å². The van der Waals surface area contributed by atoms with E-state index >= 15 is 0 Å². The van der Waals surface area contributed by atoms with Crippen LogP contribution in [0.5, 0.6) is 0 Å². The average Bonchev–Trinajstić information content (AvgIpc) is 3.49. The largest absolute Gasteiger partial charge is 0.248 e. The summed E-state index contributed by atoms with van der Waals surface area (Å²) >= 11 is 0. The standard InChI is InChI=1S/C72H52N2/c1-46(49-19-6-4-7-20-49)58-25-10-15-30-64(58)70-48(3)72(73-68-32-17-16-31-65(68)70)54-39-35-51(36-40-54)50-33-37-53(38-34-50)71-47(2)66(52-21-8-5-9-22-52)45-69(74-71)57-24-18-23-55(43-57)56-41-42-63-61-28-12-11-26-59(61)60-27-13-14-29-62(60)67(63)44-56/h4-46,66H,2H2,1,3H3. The van der Waals surface area contributed by atoms with E-state index in [2.05, 4.69) is 269 Å². The minimum atomic E-state index is -0.0386. The van der Waals surface area contributed by atoms with Gasteiger partial charge in [0.15, 0.2) is 0 Å². The number of fused-ring (bicyclic) bond motifs is 7. The Labute approximate surface area is 433 Å². The van der Waals surface area contributed by atoms with Crippen LogP contribution in [0, 0.1) is 6.92 Å². The molecule has 1 aliphatic heterocycles. The van der Waals surface area contributed by atoms with Gasteiger partial charge in [0, 0.05) is 33.9 Å². The highest BCUT2D eigenvalue weighted by atomic mass is 14.8. The molecule has 2 heterocycles. The second-order valence-electron chi connectivity index (χ2n) is 19.7. The van der Waals surface area contributed by atoms with Crippen LogP contribution in [0.25, 0.3) is 93.6 Å². The van der Waals surface area contributed by atoms with Gasteiger partial charge < -0.3 is 0 Å². The van der Waals surface area contributed by atoms with Crippen LogP contribution in [0.15, 0.2) is 272 Å². The molecule has 0 fully saturated rings. The first-order valence-corrected chi connectivity index (χ1v) is 25.7. The minimum absolute atomic E-state index is 0.0386. The molecule has 2 atom stereocenters. The van der Waals surface area contributed by atoms with Crippen molar-refractivity contribution in [3.8, 4) is 44.6 Å². The van der Waals surface area contributed by atoms with E-state index in [0.29, 0.717) is 0 Å². The van der Waals surface area contributed by atoms with Gasteiger partial charge in [-0.15, -0.1) is 0 Å². The highest BCUT2D eigenvalue weighted by molar-refractivity contribution is 6.26. The van der Waals surface area contributed by atoms with Crippen molar-refractivity contribution in [3.05, 3.63) is 300 Å². The SMILES string of the molecule is C=C1C(c2ccc(-c3ccc(-c4nc5ccccc5c(-c5ccccc5C(C)c5ccccc5)c4C)cc3)cc2)=NC(c2cccc(-c3ccc4c5ccccc5c5ccccc5c4c3)c2)=CC1c1ccccc1. The molecule has 0 saturated heterocycles. The number of aromatic nitrogens is 1. The fourth-order valence-electron chi connectivity index (χ4n) is 11.5. The molecule has 13 rings (SSSR count). The average molecular weight is 945 g/mol. The molecule has 74 heavy (non-hydrogen) atoms. The Kier molecular flexibility index (Phi) is 11.3. The summed E-state index contributed by atoms with van der Waals surface area (Å²) in [6, 6.07) is 90.0. The number of aliphatic imine (C=N–C) groups is 1. The highest BCUT2D eigenvalue weighted by Crippen LogP contribution is 2.43. The molecule has 0 amide bonds. The summed E-state index contributed by atoms with van der Waals surface area (Å²) in [4.78, 5) is 10.8. The summed E-state index contributed by atoms with van der Waals surface area (Å²) in [5.74, 6) is 0.186. The first-order valence-electron chi connectivity index (χ1n) is 25.7. The molecule has 11 aromatic carbocycles. The fraction of sp³-hybridized carbons (Fsp3) is 0.0556. The Balaban J connectivity index is 0.830. The quantitative estimate of drug-likeness (QED) is 0.132. The van der Waals surface area contributed by atoms with Gasteiger partial charge in [-0.2, -0.15) is 0 Å². The molecule has 0 saturated carbocycles. The van der Waals surface area contributed by atoms with Crippen molar-refractivity contribution in [2.75, 3.05) is 0 Å². The monoisotopic (exact) mass is 944 g/mol. The smallest absolute Gasteiger partial charge is 0.0745 e. The van der Waals surface area contributed by atoms with Crippen LogP contribution in [-0.4, -0.2) is 10.7 Å². The predicted octanol–water partition coefficient (Wildman–Crippen LogP) is 19.0. The summed E-state index contributed by atoms with van der Waals surface area (Å²) in [5.41, 5.74) is 20.1. The van der Waals surface area contributed by atoms with E-state index in [9.17, 15) is 0 Å². The number of hydrogen-bond donors (Lipinski definition) is 0. The molecule has 2 heteroatoms. The van der Waals surface area contributed by atoms with Gasteiger partial charge in [-0.25, -0.2) is 9.98 Å². The zero-order valence-electron chi connectivity index (χ0n) is 41.5. The molecular weight excluding hydrogens is 893 g/mol. The summed E-state index contributed by atoms with van der Waals surface area (Å²) in [6.07, 6.45) is 2.29. The number of pyridine rings is 1. The van der Waals surface area contributed by atoms with Crippen molar-refractivity contribution >= 4 is 54.6 Å². The van der Waals surface area contributed by atoms with Gasteiger partial charge in [-0.05, 0) is 125 Å². The number of allylic oxidation sites excluding steroid dienone is 2. The summed E-state index contributed by atoms with van der Waals surface area (Å²) in [6.45, 7) is 9.26. The number of benzene rings is 11. The van der Waals surface area contributed by atoms with Crippen LogP contribution in [0.4, 0.5) is 0 Å². The van der Waals surface area contributed by atoms with Gasteiger partial charge in [0.25, 0.3) is 0 Å². The highest BCUT2D eigenvalue weighted by Gasteiger charge is 2.26. The van der Waals surface area contributed by atoms with E-state index in [4.69, 9.17) is 16.6 Å². The molecule has 0 aliphatic carbocycles. The molecule has 0 radical (unpaired) electrons. The lowest BCUT2D eigenvalue weighted by molar-refractivity contribution is 0.925. The van der Waals surface area contributed by atoms with E-state index in [1.165, 1.54) is 76.6 Å². The fourth-order valence-corrected chi connectivity index (χ4v) is 11.5. The first-order chi connectivity index (χ1) is 36.4. The van der Waals surface area contributed by atoms with Gasteiger partial charge in [-0.1, -0.05) is 244 Å². The number of hydrogen-bond acceptors (Lipinski definition) is 2. The lowest BCUT2D eigenvalue weighted by Crippen LogP contribution is -2.15. The Morgan fingerprint density at radius 2 is 0.932 bits per heavy atom. The predicted molar refractivity (Wildman–Crippen MR) is 314 cm³/mol. The summed E-state index contributed by atoms with van der Waals surface area (Å²) < 4.78 is 0. The maximum Gasteiger partial charge on any atom is 0.0745 e. The summed E-state index contributed by atoms with van der Waals surface area (Å²) in [5, 5.41) is 8.80. The molecule has 2 unspecified atom stereocenters. The maximum absolute atomic E-state index is 5.45. The number of nitrogens with zero attached hydrogens (tertiary/aromatic N) is 2. The molecule has 1 aliphatic rings. The topological polar surface area (TPSA) is 25.2 Å². The lowest BCUT2D eigenvalue weighted by Gasteiger charge is -2.25. The van der Waals surface area contributed by atoms with E-state index in [-0.39, 0.29) is 11.8 Å². The molecule has 1 aromatic heterocycles. The van der Waals surface area contributed by atoms with Crippen molar-refractivity contribution in [1.82, 2.24) is 4.98 Å². The Bertz CT molecular complexity index is 4170. The van der Waals surface area contributed by atoms with Crippen molar-refractivity contribution in [2.45, 2.75) is 25.7 Å². The molecule has 0 N–H and O–H groups in total. The van der Waals surface area contributed by atoms with E-state index in [0.717, 1.165) is 61.6 Å². The first kappa shape index (κ1) is 44.7. The summed E-state index contributed by atoms with van der Waals surface area (Å²) in [7, 11) is 0. The molecule has 0 spiro atoms. The van der Waals surface area contributed by atoms with Crippen LogP contribution in [-0.2, 0) is 0 Å². The lowest BCUT2D eigenvalue weighted by atomic mass is 9.83. The van der Waals surface area contributed by atoms with Crippen molar-refractivity contribution < 1.29 is 0 Å². The zero-order valence-corrected chi connectivity index (χ0v) is 41.5. The van der Waals surface area contributed by atoms with Gasteiger partial charge in [0.1, 0.15) is 0 Å². The molecule has 350 valence electrons. The third kappa shape index (κ3) is 7.93. The van der Waals surface area contributed by atoms with Crippen LogP contribution >= 0.6 is 0 Å². The molecule has 12 aromatic rings.